The number of methoxy groups -OCH3 is 2. The molecule has 0 bridgehead atoms. The molecule has 1 fully saturated rings. The molecule has 3 aromatic carbocycles. The third kappa shape index (κ3) is 5.97. The number of aliphatic imine (C=N–C) groups is 1. The molecule has 0 saturated carbocycles. The van der Waals surface area contributed by atoms with Gasteiger partial charge in [0, 0.05) is 32.9 Å². The molecular weight excluding hydrogens is 588 g/mol. The van der Waals surface area contributed by atoms with Gasteiger partial charge in [0.1, 0.15) is 29.4 Å². The number of hydrogen-bond acceptors (Lipinski definition) is 9. The van der Waals surface area contributed by atoms with Gasteiger partial charge in [-0.2, -0.15) is 9.97 Å². The van der Waals surface area contributed by atoms with Crippen LogP contribution in [0.15, 0.2) is 101 Å². The average Bonchev–Trinajstić information content (AvgIpc) is 3.68. The van der Waals surface area contributed by atoms with Gasteiger partial charge in [-0.25, -0.2) is 14.2 Å². The van der Waals surface area contributed by atoms with Crippen molar-refractivity contribution >= 4 is 18.1 Å². The highest BCUT2D eigenvalue weighted by atomic mass is 16.6. The smallest absolute Gasteiger partial charge is 0.357 e. The average molecular weight is 625 g/mol. The van der Waals surface area contributed by atoms with E-state index in [0.29, 0.717) is 5.78 Å². The molecule has 1 aliphatic heterocycles. The summed E-state index contributed by atoms with van der Waals surface area (Å²) in [6.07, 6.45) is 2.89. The van der Waals surface area contributed by atoms with Crippen molar-refractivity contribution in [1.29, 1.82) is 0 Å². The van der Waals surface area contributed by atoms with Crippen molar-refractivity contribution < 1.29 is 24.1 Å². The second-order valence-electron chi connectivity index (χ2n) is 11.1. The fraction of sp³-hybridized carbons (Fsp3) is 0.294. The van der Waals surface area contributed by atoms with Crippen LogP contribution in [-0.4, -0.2) is 82.4 Å². The maximum absolute atomic E-state index is 12.7. The molecule has 5 aromatic rings. The summed E-state index contributed by atoms with van der Waals surface area (Å²) in [6.45, 7) is 0.0527. The predicted molar refractivity (Wildman–Crippen MR) is 172 cm³/mol. The summed E-state index contributed by atoms with van der Waals surface area (Å²) in [7, 11) is 6.87. The van der Waals surface area contributed by atoms with Crippen LogP contribution in [0.1, 0.15) is 29.3 Å². The first-order chi connectivity index (χ1) is 22.3. The van der Waals surface area contributed by atoms with Gasteiger partial charge in [-0.05, 0) is 41.0 Å². The van der Waals surface area contributed by atoms with E-state index in [9.17, 15) is 9.90 Å². The molecule has 3 atom stereocenters. The van der Waals surface area contributed by atoms with E-state index in [1.807, 2.05) is 93.0 Å². The van der Waals surface area contributed by atoms with Crippen molar-refractivity contribution in [2.75, 3.05) is 34.9 Å². The number of ether oxygens (including phenoxy) is 4. The number of benzene rings is 3. The zero-order valence-corrected chi connectivity index (χ0v) is 26.1. The summed E-state index contributed by atoms with van der Waals surface area (Å²) < 4.78 is 27.3. The van der Waals surface area contributed by atoms with Crippen LogP contribution in [0.2, 0.25) is 0 Å². The lowest BCUT2D eigenvalue weighted by atomic mass is 9.80. The minimum Gasteiger partial charge on any atom is -0.497 e. The molecule has 238 valence electrons. The van der Waals surface area contributed by atoms with Gasteiger partial charge in [-0.3, -0.25) is 4.57 Å². The van der Waals surface area contributed by atoms with Crippen LogP contribution in [-0.2, 0) is 15.1 Å². The lowest BCUT2D eigenvalue weighted by molar-refractivity contribution is -0.0930. The van der Waals surface area contributed by atoms with E-state index in [1.165, 1.54) is 10.7 Å². The summed E-state index contributed by atoms with van der Waals surface area (Å²) in [4.78, 5) is 27.0. The Morgan fingerprint density at radius 1 is 0.935 bits per heavy atom. The number of hydrogen-bond donors (Lipinski definition) is 1. The quantitative estimate of drug-likeness (QED) is 0.133. The minimum atomic E-state index is -1.07. The van der Waals surface area contributed by atoms with Crippen molar-refractivity contribution in [3.05, 3.63) is 118 Å². The second-order valence-corrected chi connectivity index (χ2v) is 11.1. The first-order valence-corrected chi connectivity index (χ1v) is 14.8. The van der Waals surface area contributed by atoms with Gasteiger partial charge in [0.25, 0.3) is 5.95 Å². The van der Waals surface area contributed by atoms with Crippen molar-refractivity contribution in [2.45, 2.75) is 30.5 Å². The second kappa shape index (κ2) is 13.1. The maximum Gasteiger partial charge on any atom is 0.357 e. The standard InChI is InChI=1S/C34H36N6O6/c1-38(2)22-35-31-36-32-39(18-19-40(32)33(42)37-31)30-20-28(41)29(46-30)21-45-34(23-8-6-5-7-9-23,24-10-14-26(43-3)15-11-24)25-12-16-27(44-4)17-13-25/h5-19,22,28-30,41H,20-21H2,1-4H3/b35-22+/t28-,29+,30+/m0/s1. The molecule has 1 N–H and O–H groups in total. The number of aliphatic hydroxyl groups is 1. The van der Waals surface area contributed by atoms with Gasteiger partial charge in [0.15, 0.2) is 0 Å². The van der Waals surface area contributed by atoms with Gasteiger partial charge in [0.2, 0.25) is 5.78 Å². The summed E-state index contributed by atoms with van der Waals surface area (Å²) in [5, 5.41) is 11.2. The fourth-order valence-electron chi connectivity index (χ4n) is 5.68. The molecule has 1 saturated heterocycles. The van der Waals surface area contributed by atoms with Gasteiger partial charge < -0.3 is 29.0 Å². The summed E-state index contributed by atoms with van der Waals surface area (Å²) in [5.74, 6) is 1.77. The Morgan fingerprint density at radius 3 is 2.13 bits per heavy atom. The first-order valence-electron chi connectivity index (χ1n) is 14.8. The molecule has 0 spiro atoms. The van der Waals surface area contributed by atoms with E-state index in [4.69, 9.17) is 18.9 Å². The van der Waals surface area contributed by atoms with Gasteiger partial charge >= 0.3 is 5.69 Å². The van der Waals surface area contributed by atoms with E-state index in [2.05, 4.69) is 15.0 Å². The van der Waals surface area contributed by atoms with Crippen LogP contribution in [0, 0.1) is 0 Å². The monoisotopic (exact) mass is 624 g/mol. The minimum absolute atomic E-state index is 0.0312. The number of nitrogens with zero attached hydrogens (tertiary/aromatic N) is 6. The zero-order chi connectivity index (χ0) is 32.3. The summed E-state index contributed by atoms with van der Waals surface area (Å²) in [5.41, 5.74) is 1.05. The molecule has 6 rings (SSSR count). The third-order valence-corrected chi connectivity index (χ3v) is 7.98. The molecule has 3 heterocycles. The Bertz CT molecular complexity index is 1810. The van der Waals surface area contributed by atoms with Crippen molar-refractivity contribution in [2.24, 2.45) is 4.99 Å². The summed E-state index contributed by atoms with van der Waals surface area (Å²) in [6, 6.07) is 25.4. The molecule has 2 aromatic heterocycles. The maximum atomic E-state index is 12.7. The number of fused-ring (bicyclic) bond motifs is 1. The molecule has 12 heteroatoms. The van der Waals surface area contributed by atoms with Crippen LogP contribution in [0.5, 0.6) is 11.5 Å². The van der Waals surface area contributed by atoms with E-state index in [-0.39, 0.29) is 19.0 Å². The highest BCUT2D eigenvalue weighted by Crippen LogP contribution is 2.43. The van der Waals surface area contributed by atoms with Crippen LogP contribution in [0.3, 0.4) is 0 Å². The first kappa shape index (κ1) is 31.0. The number of aliphatic hydroxyl groups excluding tert-OH is 1. The number of aromatic nitrogens is 4. The Labute approximate surface area is 266 Å². The zero-order valence-electron chi connectivity index (χ0n) is 26.1. The molecular formula is C34H36N6O6. The molecule has 0 amide bonds. The topological polar surface area (TPSA) is 125 Å². The molecule has 0 radical (unpaired) electrons. The van der Waals surface area contributed by atoms with Crippen LogP contribution in [0.25, 0.3) is 5.78 Å². The van der Waals surface area contributed by atoms with Gasteiger partial charge in [-0.1, -0.05) is 54.6 Å². The van der Waals surface area contributed by atoms with E-state index in [0.717, 1.165) is 28.2 Å². The van der Waals surface area contributed by atoms with Crippen molar-refractivity contribution in [3.8, 4) is 11.5 Å². The third-order valence-electron chi connectivity index (χ3n) is 7.98. The van der Waals surface area contributed by atoms with E-state index >= 15 is 0 Å². The summed E-state index contributed by atoms with van der Waals surface area (Å²) >= 11 is 0. The largest absolute Gasteiger partial charge is 0.497 e. The SMILES string of the molecule is COc1ccc(C(OC[C@H]2O[C@@H](n3ccn4c(=O)nc(/N=C/N(C)C)nc34)C[C@@H]2O)(c2ccccc2)c2ccc(OC)cc2)cc1. The van der Waals surface area contributed by atoms with Crippen molar-refractivity contribution in [1.82, 2.24) is 23.8 Å². The molecule has 0 aliphatic carbocycles. The van der Waals surface area contributed by atoms with E-state index in [1.54, 1.807) is 36.1 Å². The lowest BCUT2D eigenvalue weighted by Crippen LogP contribution is -2.38. The predicted octanol–water partition coefficient (Wildman–Crippen LogP) is 3.79. The van der Waals surface area contributed by atoms with Gasteiger partial charge in [0.05, 0.1) is 33.3 Å². The van der Waals surface area contributed by atoms with Gasteiger partial charge in [-0.15, -0.1) is 0 Å². The van der Waals surface area contributed by atoms with Crippen LogP contribution < -0.4 is 15.2 Å². The van der Waals surface area contributed by atoms with Crippen LogP contribution >= 0.6 is 0 Å². The molecule has 1 aliphatic rings. The molecule has 0 unspecified atom stereocenters. The number of rotatable bonds is 11. The lowest BCUT2D eigenvalue weighted by Gasteiger charge is -2.37. The Kier molecular flexibility index (Phi) is 8.84. The van der Waals surface area contributed by atoms with Crippen molar-refractivity contribution in [3.63, 3.8) is 0 Å². The highest BCUT2D eigenvalue weighted by molar-refractivity contribution is 5.58. The normalized spacial score (nSPS) is 18.3. The number of imidazole rings is 1. The Hall–Kier alpha value is -5.04. The fourth-order valence-corrected chi connectivity index (χ4v) is 5.68. The Morgan fingerprint density at radius 2 is 1.54 bits per heavy atom. The molecule has 12 nitrogen and oxygen atoms in total. The molecule has 46 heavy (non-hydrogen) atoms. The van der Waals surface area contributed by atoms with E-state index < -0.39 is 29.7 Å². The highest BCUT2D eigenvalue weighted by Gasteiger charge is 2.42. The van der Waals surface area contributed by atoms with Crippen LogP contribution in [0.4, 0.5) is 5.95 Å². The Balaban J connectivity index is 1.35.